The van der Waals surface area contributed by atoms with Crippen molar-refractivity contribution in [2.75, 3.05) is 0 Å². The van der Waals surface area contributed by atoms with Crippen LogP contribution >= 0.6 is 0 Å². The zero-order valence-corrected chi connectivity index (χ0v) is 10.7. The minimum atomic E-state index is -0.837. The Morgan fingerprint density at radius 3 is 2.06 bits per heavy atom. The highest BCUT2D eigenvalue weighted by atomic mass is 16.2. The van der Waals surface area contributed by atoms with Crippen LogP contribution < -0.4 is 16.4 Å². The topological polar surface area (TPSA) is 101 Å². The van der Waals surface area contributed by atoms with Gasteiger partial charge in [0, 0.05) is 6.04 Å². The Morgan fingerprint density at radius 2 is 1.71 bits per heavy atom. The van der Waals surface area contributed by atoms with Crippen LogP contribution in [0.2, 0.25) is 0 Å². The Hall–Kier alpha value is -1.43. The molecule has 4 N–H and O–H groups in total. The van der Waals surface area contributed by atoms with E-state index < -0.39 is 18.0 Å². The summed E-state index contributed by atoms with van der Waals surface area (Å²) in [6.45, 7) is 6.83. The number of carbonyl (C=O) groups excluding carboxylic acids is 3. The van der Waals surface area contributed by atoms with Crippen molar-refractivity contribution >= 4 is 17.6 Å². The molecule has 6 heteroatoms. The maximum absolute atomic E-state index is 11.7. The lowest BCUT2D eigenvalue weighted by Crippen LogP contribution is -2.50. The van der Waals surface area contributed by atoms with E-state index in [9.17, 15) is 14.4 Å². The Morgan fingerprint density at radius 1 is 1.18 bits per heavy atom. The molecule has 2 atom stereocenters. The quantitative estimate of drug-likeness (QED) is 0.551. The van der Waals surface area contributed by atoms with E-state index in [0.717, 1.165) is 0 Å². The summed E-state index contributed by atoms with van der Waals surface area (Å²) >= 11 is 0. The first-order valence-electron chi connectivity index (χ1n) is 5.59. The number of hydrogen-bond donors (Lipinski definition) is 3. The summed E-state index contributed by atoms with van der Waals surface area (Å²) < 4.78 is 0. The van der Waals surface area contributed by atoms with Crippen LogP contribution in [0.4, 0.5) is 0 Å². The molecule has 0 spiro atoms. The largest absolute Gasteiger partial charge is 0.370 e. The zero-order chi connectivity index (χ0) is 13.6. The lowest BCUT2D eigenvalue weighted by atomic mass is 10.1. The average molecular weight is 243 g/mol. The van der Waals surface area contributed by atoms with Crippen LogP contribution in [0.5, 0.6) is 0 Å². The maximum Gasteiger partial charge on any atom is 0.237 e. The van der Waals surface area contributed by atoms with Crippen LogP contribution in [0.3, 0.4) is 0 Å². The molecule has 98 valence electrons. The first kappa shape index (κ1) is 15.6. The maximum atomic E-state index is 11.7. The molecule has 0 aliphatic rings. The molecule has 0 aliphatic heterocycles. The zero-order valence-electron chi connectivity index (χ0n) is 10.7. The van der Waals surface area contributed by atoms with E-state index in [0.29, 0.717) is 0 Å². The molecule has 0 bridgehead atoms. The van der Waals surface area contributed by atoms with Crippen LogP contribution in [0.15, 0.2) is 0 Å². The molecule has 6 nitrogen and oxygen atoms in total. The van der Waals surface area contributed by atoms with Crippen molar-refractivity contribution in [2.45, 2.75) is 52.2 Å². The van der Waals surface area contributed by atoms with Gasteiger partial charge in [-0.1, -0.05) is 13.8 Å². The fraction of sp³-hybridized carbons (Fsp3) is 0.727. The molecular formula is C11H21N3O3. The van der Waals surface area contributed by atoms with Gasteiger partial charge in [0.15, 0.2) is 5.78 Å². The lowest BCUT2D eigenvalue weighted by Gasteiger charge is -2.20. The van der Waals surface area contributed by atoms with Crippen molar-refractivity contribution in [1.29, 1.82) is 0 Å². The normalized spacial score (nSPS) is 14.2. The smallest absolute Gasteiger partial charge is 0.237 e. The fourth-order valence-corrected chi connectivity index (χ4v) is 1.37. The van der Waals surface area contributed by atoms with Crippen molar-refractivity contribution in [2.24, 2.45) is 5.73 Å². The van der Waals surface area contributed by atoms with Crippen LogP contribution in [0.1, 0.15) is 34.1 Å². The molecule has 0 aliphatic carbocycles. The number of nitrogens with one attached hydrogen (secondary N) is 2. The van der Waals surface area contributed by atoms with Crippen molar-refractivity contribution in [3.8, 4) is 0 Å². The van der Waals surface area contributed by atoms with Gasteiger partial charge in [0.2, 0.25) is 11.8 Å². The molecule has 0 radical (unpaired) electrons. The van der Waals surface area contributed by atoms with Gasteiger partial charge in [-0.15, -0.1) is 0 Å². The highest BCUT2D eigenvalue weighted by Gasteiger charge is 2.22. The van der Waals surface area contributed by atoms with Crippen LogP contribution in [0, 0.1) is 0 Å². The van der Waals surface area contributed by atoms with Gasteiger partial charge in [0.1, 0.15) is 0 Å². The van der Waals surface area contributed by atoms with Crippen LogP contribution in [-0.2, 0) is 14.4 Å². The van der Waals surface area contributed by atoms with E-state index in [4.69, 9.17) is 5.73 Å². The summed E-state index contributed by atoms with van der Waals surface area (Å²) in [4.78, 5) is 33.7. The Bertz CT molecular complexity index is 302. The number of nitrogens with two attached hydrogens (primary N) is 1. The molecule has 0 aromatic heterocycles. The highest BCUT2D eigenvalue weighted by Crippen LogP contribution is 1.95. The van der Waals surface area contributed by atoms with Crippen LogP contribution in [0.25, 0.3) is 0 Å². The molecule has 0 heterocycles. The number of primary amides is 1. The predicted molar refractivity (Wildman–Crippen MR) is 64.2 cm³/mol. The summed E-state index contributed by atoms with van der Waals surface area (Å²) in [5.41, 5.74) is 5.01. The van der Waals surface area contributed by atoms with Crippen LogP contribution in [-0.4, -0.2) is 35.7 Å². The summed E-state index contributed by atoms with van der Waals surface area (Å²) in [5.74, 6) is -1.22. The van der Waals surface area contributed by atoms with Gasteiger partial charge in [-0.25, -0.2) is 0 Å². The van der Waals surface area contributed by atoms with Crippen molar-refractivity contribution < 1.29 is 14.4 Å². The number of carbonyl (C=O) groups is 3. The van der Waals surface area contributed by atoms with E-state index in [1.807, 2.05) is 13.8 Å². The Kier molecular flexibility index (Phi) is 6.42. The Labute approximate surface area is 101 Å². The summed E-state index contributed by atoms with van der Waals surface area (Å²) in [6, 6.07) is -1.11. The molecule has 0 saturated carbocycles. The van der Waals surface area contributed by atoms with Gasteiger partial charge in [-0.2, -0.15) is 0 Å². The number of hydrogen-bond acceptors (Lipinski definition) is 4. The van der Waals surface area contributed by atoms with E-state index in [-0.39, 0.29) is 24.2 Å². The number of ketones is 1. The second-order valence-corrected chi connectivity index (χ2v) is 4.39. The third-order valence-corrected chi connectivity index (χ3v) is 2.19. The molecular weight excluding hydrogens is 222 g/mol. The van der Waals surface area contributed by atoms with Gasteiger partial charge in [-0.05, 0) is 13.8 Å². The predicted octanol–water partition coefficient (Wildman–Crippen LogP) is -0.678. The highest BCUT2D eigenvalue weighted by molar-refractivity contribution is 5.92. The van der Waals surface area contributed by atoms with E-state index >= 15 is 0 Å². The third kappa shape index (κ3) is 6.68. The number of Topliss-reactive ketones (excluding diaryl/α,β-unsaturated/α-hetero) is 1. The second-order valence-electron chi connectivity index (χ2n) is 4.39. The van der Waals surface area contributed by atoms with Gasteiger partial charge in [0.25, 0.3) is 0 Å². The van der Waals surface area contributed by atoms with Gasteiger partial charge in [-0.3, -0.25) is 14.4 Å². The van der Waals surface area contributed by atoms with Crippen molar-refractivity contribution in [3.63, 3.8) is 0 Å². The minimum absolute atomic E-state index is 0.155. The van der Waals surface area contributed by atoms with Crippen molar-refractivity contribution in [1.82, 2.24) is 10.6 Å². The molecule has 0 fully saturated rings. The summed E-state index contributed by atoms with van der Waals surface area (Å²) in [6.07, 6.45) is -0.171. The molecule has 0 unspecified atom stereocenters. The van der Waals surface area contributed by atoms with Gasteiger partial charge in [0.05, 0.1) is 18.5 Å². The first-order chi connectivity index (χ1) is 7.73. The van der Waals surface area contributed by atoms with Gasteiger partial charge >= 0.3 is 0 Å². The van der Waals surface area contributed by atoms with E-state index in [1.165, 1.54) is 6.92 Å². The van der Waals surface area contributed by atoms with E-state index in [2.05, 4.69) is 10.6 Å². The summed E-state index contributed by atoms with van der Waals surface area (Å²) in [7, 11) is 0. The molecule has 0 rings (SSSR count). The molecule has 0 saturated heterocycles. The summed E-state index contributed by atoms with van der Waals surface area (Å²) in [5, 5.41) is 5.50. The molecule has 0 aromatic rings. The standard InChI is InChI=1S/C11H21N3O3/c1-6(2)13-7(3)11(17)14-9(8(4)15)5-10(12)16/h6-7,9,13H,5H2,1-4H3,(H2,12,16)(H,14,17)/t7-,9-/m0/s1. The number of amides is 2. The van der Waals surface area contributed by atoms with Gasteiger partial charge < -0.3 is 16.4 Å². The first-order valence-corrected chi connectivity index (χ1v) is 5.59. The SMILES string of the molecule is CC(=O)[C@H](CC(N)=O)NC(=O)[C@H](C)NC(C)C. The fourth-order valence-electron chi connectivity index (χ4n) is 1.37. The monoisotopic (exact) mass is 243 g/mol. The third-order valence-electron chi connectivity index (χ3n) is 2.19. The average Bonchev–Trinajstić information content (AvgIpc) is 2.14. The minimum Gasteiger partial charge on any atom is -0.370 e. The molecule has 2 amide bonds. The molecule has 0 aromatic carbocycles. The Balaban J connectivity index is 4.39. The lowest BCUT2D eigenvalue weighted by molar-refractivity contribution is -0.129. The molecule has 17 heavy (non-hydrogen) atoms. The number of rotatable bonds is 7. The van der Waals surface area contributed by atoms with Crippen molar-refractivity contribution in [3.05, 3.63) is 0 Å². The second kappa shape index (κ2) is 7.01. The van der Waals surface area contributed by atoms with E-state index in [1.54, 1.807) is 6.92 Å².